The van der Waals surface area contributed by atoms with Crippen LogP contribution in [0.25, 0.3) is 11.3 Å². The summed E-state index contributed by atoms with van der Waals surface area (Å²) in [4.78, 5) is 55.6. The van der Waals surface area contributed by atoms with Crippen LogP contribution < -0.4 is 5.73 Å². The first kappa shape index (κ1) is 35.1. The van der Waals surface area contributed by atoms with Gasteiger partial charge >= 0.3 is 12.1 Å². The molecule has 0 unspecified atom stereocenters. The van der Waals surface area contributed by atoms with Crippen molar-refractivity contribution in [3.05, 3.63) is 30.5 Å². The molecule has 2 aliphatic heterocycles. The molecule has 2 N–H and O–H groups in total. The van der Waals surface area contributed by atoms with Gasteiger partial charge in [-0.15, -0.1) is 5.10 Å². The predicted octanol–water partition coefficient (Wildman–Crippen LogP) is 4.70. The van der Waals surface area contributed by atoms with Gasteiger partial charge in [-0.2, -0.15) is 0 Å². The third-order valence-electron chi connectivity index (χ3n) is 9.73. The highest BCUT2D eigenvalue weighted by atomic mass is 16.6. The number of Topliss-reactive ketones (excluding diaryl/α,β-unsaturated/α-hetero) is 2. The van der Waals surface area contributed by atoms with Gasteiger partial charge in [0.25, 0.3) is 0 Å². The van der Waals surface area contributed by atoms with Crippen LogP contribution in [0.5, 0.6) is 0 Å². The molecule has 0 aliphatic carbocycles. The lowest BCUT2D eigenvalue weighted by molar-refractivity contribution is -0.171. The molecule has 252 valence electrons. The summed E-state index contributed by atoms with van der Waals surface area (Å²) in [5, 5.41) is 8.50. The van der Waals surface area contributed by atoms with Crippen molar-refractivity contribution in [2.75, 3.05) is 19.4 Å². The third kappa shape index (κ3) is 7.43. The molecular formula is C34H49N5O7. The molecule has 2 aromatic rings. The minimum atomic E-state index is -1.31. The number of cyclic esters (lactones) is 1. The Balaban J connectivity index is 1.55. The molecule has 2 saturated heterocycles. The molecule has 3 heterocycles. The van der Waals surface area contributed by atoms with Crippen molar-refractivity contribution in [2.45, 2.75) is 104 Å². The van der Waals surface area contributed by atoms with Gasteiger partial charge in [-0.3, -0.25) is 19.1 Å². The fourth-order valence-electron chi connectivity index (χ4n) is 7.08. The van der Waals surface area contributed by atoms with Crippen LogP contribution in [-0.4, -0.2) is 81.0 Å². The van der Waals surface area contributed by atoms with Crippen LogP contribution >= 0.6 is 0 Å². The van der Waals surface area contributed by atoms with Gasteiger partial charge in [0, 0.05) is 49.2 Å². The number of methoxy groups -OCH3 is 1. The molecule has 46 heavy (non-hydrogen) atoms. The zero-order chi connectivity index (χ0) is 33.8. The number of aromatic nitrogens is 3. The number of ketones is 2. The molecule has 2 aliphatic rings. The summed E-state index contributed by atoms with van der Waals surface area (Å²) in [6.45, 7) is 11.5. The summed E-state index contributed by atoms with van der Waals surface area (Å²) < 4.78 is 19.4. The van der Waals surface area contributed by atoms with E-state index in [1.165, 1.54) is 0 Å². The van der Waals surface area contributed by atoms with Gasteiger partial charge in [0.2, 0.25) is 0 Å². The molecule has 0 spiro atoms. The fraction of sp³-hybridized carbons (Fsp3) is 0.647. The number of unbranched alkanes of at least 4 members (excludes halogenated alkanes) is 1. The molecule has 0 radical (unpaired) electrons. The van der Waals surface area contributed by atoms with Gasteiger partial charge < -0.3 is 24.8 Å². The van der Waals surface area contributed by atoms with E-state index in [0.29, 0.717) is 56.6 Å². The first-order valence-corrected chi connectivity index (χ1v) is 16.4. The molecule has 1 aromatic heterocycles. The highest BCUT2D eigenvalue weighted by molar-refractivity contribution is 5.99. The quantitative estimate of drug-likeness (QED) is 0.186. The molecular weight excluding hydrogens is 590 g/mol. The van der Waals surface area contributed by atoms with Gasteiger partial charge in [-0.1, -0.05) is 45.0 Å². The van der Waals surface area contributed by atoms with E-state index in [4.69, 9.17) is 19.9 Å². The van der Waals surface area contributed by atoms with Crippen molar-refractivity contribution in [3.63, 3.8) is 0 Å². The van der Waals surface area contributed by atoms with Crippen molar-refractivity contribution in [1.82, 2.24) is 19.9 Å². The summed E-state index contributed by atoms with van der Waals surface area (Å²) >= 11 is 0. The molecule has 4 rings (SSSR count). The number of benzene rings is 1. The van der Waals surface area contributed by atoms with Crippen molar-refractivity contribution in [3.8, 4) is 11.3 Å². The van der Waals surface area contributed by atoms with E-state index >= 15 is 0 Å². The maximum absolute atomic E-state index is 14.0. The summed E-state index contributed by atoms with van der Waals surface area (Å²) in [6, 6.07) is 6.75. The minimum absolute atomic E-state index is 0.0381. The van der Waals surface area contributed by atoms with Crippen molar-refractivity contribution >= 4 is 29.3 Å². The monoisotopic (exact) mass is 639 g/mol. The third-order valence-corrected chi connectivity index (χ3v) is 9.73. The van der Waals surface area contributed by atoms with E-state index in [2.05, 4.69) is 10.3 Å². The van der Waals surface area contributed by atoms with Crippen LogP contribution in [0.3, 0.4) is 0 Å². The molecule has 12 heteroatoms. The number of hydrogen-bond donors (Lipinski definition) is 1. The molecule has 0 bridgehead atoms. The second kappa shape index (κ2) is 14.7. The van der Waals surface area contributed by atoms with Crippen molar-refractivity contribution in [2.24, 2.45) is 23.7 Å². The Morgan fingerprint density at radius 2 is 1.70 bits per heavy atom. The molecule has 1 amide bonds. The topological polar surface area (TPSA) is 156 Å². The van der Waals surface area contributed by atoms with Crippen molar-refractivity contribution < 1.29 is 33.4 Å². The Labute approximate surface area is 271 Å². The number of hydrogen-bond acceptors (Lipinski definition) is 10. The smallest absolute Gasteiger partial charge is 0.410 e. The average Bonchev–Trinajstić information content (AvgIpc) is 3.61. The van der Waals surface area contributed by atoms with Crippen LogP contribution in [0.15, 0.2) is 30.5 Å². The number of nitrogens with two attached hydrogens (primary N) is 1. The Morgan fingerprint density at radius 1 is 1.02 bits per heavy atom. The number of anilines is 1. The zero-order valence-corrected chi connectivity index (χ0v) is 28.1. The molecule has 2 fully saturated rings. The Bertz CT molecular complexity index is 1410. The number of amides is 1. The van der Waals surface area contributed by atoms with Gasteiger partial charge in [0.15, 0.2) is 5.60 Å². The SMILES string of the molecule is CC[C@H]1OC(=O)[C@H](C)C(=O)[C@H](C)C[C@@H](OC)C[C@@H](C)C(=O)[C@H](C)[C@@H]2N(CCCCn3cc(-c4cccc(N)c4)nn3)C(=O)O[C@@]21C. The number of nitrogens with zero attached hydrogens (tertiary/aromatic N) is 4. The minimum Gasteiger partial charge on any atom is -0.458 e. The Kier molecular flexibility index (Phi) is 11.2. The number of carbonyl (C=O) groups is 4. The summed E-state index contributed by atoms with van der Waals surface area (Å²) in [5.41, 5.74) is 6.84. The van der Waals surface area contributed by atoms with E-state index < -0.39 is 53.5 Å². The zero-order valence-electron chi connectivity index (χ0n) is 28.1. The van der Waals surface area contributed by atoms with Crippen LogP contribution in [-0.2, 0) is 35.1 Å². The highest BCUT2D eigenvalue weighted by Crippen LogP contribution is 2.41. The maximum Gasteiger partial charge on any atom is 0.410 e. The van der Waals surface area contributed by atoms with Crippen LogP contribution in [0.1, 0.15) is 73.6 Å². The van der Waals surface area contributed by atoms with Crippen molar-refractivity contribution in [1.29, 1.82) is 0 Å². The summed E-state index contributed by atoms with van der Waals surface area (Å²) in [6.07, 6.45) is 2.53. The van der Waals surface area contributed by atoms with Crippen LogP contribution in [0.2, 0.25) is 0 Å². The molecule has 8 atom stereocenters. The average molecular weight is 640 g/mol. The number of aryl methyl sites for hydroxylation is 1. The van der Waals surface area contributed by atoms with Gasteiger partial charge in [0.1, 0.15) is 29.3 Å². The predicted molar refractivity (Wildman–Crippen MR) is 171 cm³/mol. The lowest BCUT2D eigenvalue weighted by atomic mass is 9.76. The number of rotatable bonds is 8. The molecule has 0 saturated carbocycles. The second-order valence-corrected chi connectivity index (χ2v) is 13.2. The number of carbonyl (C=O) groups excluding carboxylic acids is 4. The van der Waals surface area contributed by atoms with E-state index in [9.17, 15) is 19.2 Å². The number of esters is 1. The number of fused-ring (bicyclic) bond motifs is 1. The molecule has 12 nitrogen and oxygen atoms in total. The van der Waals surface area contributed by atoms with Crippen LogP contribution in [0, 0.1) is 23.7 Å². The fourth-order valence-corrected chi connectivity index (χ4v) is 7.08. The van der Waals surface area contributed by atoms with Gasteiger partial charge in [-0.25, -0.2) is 4.79 Å². The van der Waals surface area contributed by atoms with Gasteiger partial charge in [-0.05, 0) is 58.1 Å². The Morgan fingerprint density at radius 3 is 2.35 bits per heavy atom. The lowest BCUT2D eigenvalue weighted by Crippen LogP contribution is -2.57. The summed E-state index contributed by atoms with van der Waals surface area (Å²) in [7, 11) is 1.56. The Hall–Kier alpha value is -3.80. The van der Waals surface area contributed by atoms with E-state index in [-0.39, 0.29) is 17.7 Å². The first-order valence-electron chi connectivity index (χ1n) is 16.4. The normalized spacial score (nSPS) is 31.3. The van der Waals surface area contributed by atoms with Crippen LogP contribution in [0.4, 0.5) is 10.5 Å². The van der Waals surface area contributed by atoms with E-state index in [1.807, 2.05) is 51.2 Å². The second-order valence-electron chi connectivity index (χ2n) is 13.2. The number of nitrogen functional groups attached to an aromatic ring is 1. The maximum atomic E-state index is 14.0. The van der Waals surface area contributed by atoms with Gasteiger partial charge in [0.05, 0.1) is 18.3 Å². The largest absolute Gasteiger partial charge is 0.458 e. The molecule has 1 aromatic carbocycles. The standard InChI is InChI=1S/C34H49N5O7/c1-8-28-34(6)31(22(4)29(40)20(2)16-26(44-7)17-21(3)30(41)23(5)32(42)45-28)39(33(43)46-34)15-10-9-14-38-19-27(36-37-38)24-12-11-13-25(35)18-24/h11-13,18-23,26,28,31H,8-10,14-17,35H2,1-7H3/t20-,21-,22+,23-,26+,28-,31+,34-/m1/s1. The summed E-state index contributed by atoms with van der Waals surface area (Å²) in [5.74, 6) is -3.41. The van der Waals surface area contributed by atoms with E-state index in [0.717, 1.165) is 5.56 Å². The number of ether oxygens (including phenoxy) is 3. The first-order chi connectivity index (χ1) is 21.8. The lowest BCUT2D eigenvalue weighted by Gasteiger charge is -2.40. The van der Waals surface area contributed by atoms with E-state index in [1.54, 1.807) is 37.5 Å². The highest BCUT2D eigenvalue weighted by Gasteiger charge is 2.59.